The first-order chi connectivity index (χ1) is 10.1. The number of amidine groups is 1. The summed E-state index contributed by atoms with van der Waals surface area (Å²) in [5.74, 6) is 2.56. The van der Waals surface area contributed by atoms with Gasteiger partial charge in [-0.15, -0.1) is 0 Å². The van der Waals surface area contributed by atoms with Crippen LogP contribution >= 0.6 is 11.8 Å². The molecule has 2 unspecified atom stereocenters. The lowest BCUT2D eigenvalue weighted by Gasteiger charge is -2.26. The van der Waals surface area contributed by atoms with Gasteiger partial charge in [0.2, 0.25) is 0 Å². The second-order valence-electron chi connectivity index (χ2n) is 5.72. The van der Waals surface area contributed by atoms with Gasteiger partial charge < -0.3 is 15.7 Å². The van der Waals surface area contributed by atoms with Crippen LogP contribution < -0.4 is 10.5 Å². The quantitative estimate of drug-likeness (QED) is 0.377. The van der Waals surface area contributed by atoms with Crippen molar-refractivity contribution < 1.29 is 9.94 Å². The Morgan fingerprint density at radius 1 is 1.48 bits per heavy atom. The molecule has 1 aliphatic carbocycles. The van der Waals surface area contributed by atoms with Crippen LogP contribution in [0, 0.1) is 5.92 Å². The first kappa shape index (κ1) is 16.0. The molecule has 0 amide bonds. The average Bonchev–Trinajstić information content (AvgIpc) is 2.52. The summed E-state index contributed by atoms with van der Waals surface area (Å²) in [5.41, 5.74) is 7.48. The molecule has 0 bridgehead atoms. The molecule has 0 saturated heterocycles. The van der Waals surface area contributed by atoms with Crippen LogP contribution in [0.2, 0.25) is 0 Å². The standard InChI is InChI=1S/C16H24N2O2S/c1-11-4-3-5-13(8-11)21-10-12-6-7-14(16(17)18-19)15(9-12)20-2/h6-7,9,11,13,19H,3-5,8,10H2,1-2H3,(H2,17,18). The second kappa shape index (κ2) is 7.59. The fourth-order valence-electron chi connectivity index (χ4n) is 2.83. The van der Waals surface area contributed by atoms with E-state index in [0.717, 1.165) is 16.9 Å². The number of benzene rings is 1. The Morgan fingerprint density at radius 2 is 2.29 bits per heavy atom. The van der Waals surface area contributed by atoms with Gasteiger partial charge in [-0.1, -0.05) is 31.0 Å². The number of hydrogen-bond acceptors (Lipinski definition) is 4. The Labute approximate surface area is 130 Å². The topological polar surface area (TPSA) is 67.8 Å². The fraction of sp³-hybridized carbons (Fsp3) is 0.562. The molecular formula is C16H24N2O2S. The Kier molecular flexibility index (Phi) is 5.79. The Balaban J connectivity index is 2.00. The van der Waals surface area contributed by atoms with Crippen molar-refractivity contribution in [3.63, 3.8) is 0 Å². The molecule has 1 aromatic rings. The van der Waals surface area contributed by atoms with Gasteiger partial charge in [0, 0.05) is 11.0 Å². The molecule has 0 aromatic heterocycles. The molecule has 1 saturated carbocycles. The van der Waals surface area contributed by atoms with E-state index in [-0.39, 0.29) is 5.84 Å². The molecule has 2 atom stereocenters. The summed E-state index contributed by atoms with van der Waals surface area (Å²) < 4.78 is 5.34. The summed E-state index contributed by atoms with van der Waals surface area (Å²) >= 11 is 2.03. The normalized spacial score (nSPS) is 23.0. The maximum absolute atomic E-state index is 8.78. The summed E-state index contributed by atoms with van der Waals surface area (Å²) in [6, 6.07) is 5.86. The van der Waals surface area contributed by atoms with Crippen LogP contribution in [-0.4, -0.2) is 23.4 Å². The van der Waals surface area contributed by atoms with E-state index in [4.69, 9.17) is 15.7 Å². The van der Waals surface area contributed by atoms with Crippen LogP contribution in [0.3, 0.4) is 0 Å². The lowest BCUT2D eigenvalue weighted by molar-refractivity contribution is 0.318. The minimum Gasteiger partial charge on any atom is -0.496 e. The van der Waals surface area contributed by atoms with Gasteiger partial charge in [-0.3, -0.25) is 0 Å². The van der Waals surface area contributed by atoms with Crippen LogP contribution in [0.5, 0.6) is 5.75 Å². The molecule has 3 N–H and O–H groups in total. The molecule has 0 heterocycles. The minimum atomic E-state index is 0.0761. The zero-order valence-corrected chi connectivity index (χ0v) is 13.5. The summed E-state index contributed by atoms with van der Waals surface area (Å²) in [7, 11) is 1.60. The molecule has 5 heteroatoms. The monoisotopic (exact) mass is 308 g/mol. The van der Waals surface area contributed by atoms with Crippen LogP contribution in [0.15, 0.2) is 23.4 Å². The maximum atomic E-state index is 8.78. The van der Waals surface area contributed by atoms with Gasteiger partial charge >= 0.3 is 0 Å². The van der Waals surface area contributed by atoms with Crippen molar-refractivity contribution in [3.05, 3.63) is 29.3 Å². The zero-order valence-electron chi connectivity index (χ0n) is 12.7. The first-order valence-electron chi connectivity index (χ1n) is 7.40. The lowest BCUT2D eigenvalue weighted by Crippen LogP contribution is -2.15. The molecule has 0 radical (unpaired) electrons. The van der Waals surface area contributed by atoms with Crippen LogP contribution in [-0.2, 0) is 5.75 Å². The minimum absolute atomic E-state index is 0.0761. The van der Waals surface area contributed by atoms with Crippen LogP contribution in [0.1, 0.15) is 43.7 Å². The molecule has 0 aliphatic heterocycles. The Morgan fingerprint density at radius 3 is 2.95 bits per heavy atom. The molecule has 1 aromatic carbocycles. The highest BCUT2D eigenvalue weighted by molar-refractivity contribution is 7.99. The number of thioether (sulfide) groups is 1. The number of nitrogens with two attached hydrogens (primary N) is 1. The van der Waals surface area contributed by atoms with Gasteiger partial charge in [-0.25, -0.2) is 0 Å². The van der Waals surface area contributed by atoms with Gasteiger partial charge in [0.1, 0.15) is 5.75 Å². The molecular weight excluding hydrogens is 284 g/mol. The average molecular weight is 308 g/mol. The lowest BCUT2D eigenvalue weighted by atomic mass is 9.91. The van der Waals surface area contributed by atoms with E-state index in [9.17, 15) is 0 Å². The summed E-state index contributed by atoms with van der Waals surface area (Å²) in [5, 5.41) is 12.6. The molecule has 4 nitrogen and oxygen atoms in total. The van der Waals surface area contributed by atoms with Crippen LogP contribution in [0.25, 0.3) is 0 Å². The number of methoxy groups -OCH3 is 1. The summed E-state index contributed by atoms with van der Waals surface area (Å²) in [6.45, 7) is 2.35. The van der Waals surface area contributed by atoms with Crippen molar-refractivity contribution in [1.82, 2.24) is 0 Å². The van der Waals surface area contributed by atoms with Gasteiger partial charge in [0.15, 0.2) is 5.84 Å². The van der Waals surface area contributed by atoms with Crippen molar-refractivity contribution in [2.75, 3.05) is 7.11 Å². The predicted octanol–water partition coefficient (Wildman–Crippen LogP) is 3.60. The number of oxime groups is 1. The van der Waals surface area contributed by atoms with E-state index in [1.54, 1.807) is 7.11 Å². The van der Waals surface area contributed by atoms with E-state index in [1.807, 2.05) is 30.0 Å². The van der Waals surface area contributed by atoms with Gasteiger partial charge in [-0.2, -0.15) is 11.8 Å². The van der Waals surface area contributed by atoms with E-state index in [2.05, 4.69) is 12.1 Å². The van der Waals surface area contributed by atoms with E-state index in [0.29, 0.717) is 11.3 Å². The van der Waals surface area contributed by atoms with Crippen molar-refractivity contribution in [2.24, 2.45) is 16.8 Å². The highest BCUT2D eigenvalue weighted by Crippen LogP contribution is 2.34. The van der Waals surface area contributed by atoms with Crippen molar-refractivity contribution in [1.29, 1.82) is 0 Å². The van der Waals surface area contributed by atoms with E-state index < -0.39 is 0 Å². The van der Waals surface area contributed by atoms with Crippen LogP contribution in [0.4, 0.5) is 0 Å². The molecule has 2 rings (SSSR count). The molecule has 1 aliphatic rings. The van der Waals surface area contributed by atoms with E-state index >= 15 is 0 Å². The van der Waals surface area contributed by atoms with E-state index in [1.165, 1.54) is 31.2 Å². The zero-order chi connectivity index (χ0) is 15.2. The maximum Gasteiger partial charge on any atom is 0.173 e. The summed E-state index contributed by atoms with van der Waals surface area (Å²) in [6.07, 6.45) is 5.38. The Hall–Kier alpha value is -1.36. The third-order valence-electron chi connectivity index (χ3n) is 4.02. The third-order valence-corrected chi connectivity index (χ3v) is 5.42. The summed E-state index contributed by atoms with van der Waals surface area (Å²) in [4.78, 5) is 0. The SMILES string of the molecule is COc1cc(CSC2CCCC(C)C2)ccc1/C(N)=N/O. The van der Waals surface area contributed by atoms with Gasteiger partial charge in [0.05, 0.1) is 12.7 Å². The van der Waals surface area contributed by atoms with Crippen molar-refractivity contribution >= 4 is 17.6 Å². The predicted molar refractivity (Wildman–Crippen MR) is 88.2 cm³/mol. The second-order valence-corrected chi connectivity index (χ2v) is 7.01. The smallest absolute Gasteiger partial charge is 0.173 e. The molecule has 116 valence electrons. The highest BCUT2D eigenvalue weighted by atomic mass is 32.2. The van der Waals surface area contributed by atoms with Crippen molar-refractivity contribution in [2.45, 2.75) is 43.6 Å². The largest absolute Gasteiger partial charge is 0.496 e. The number of nitrogens with zero attached hydrogens (tertiary/aromatic N) is 1. The molecule has 1 fully saturated rings. The van der Waals surface area contributed by atoms with Gasteiger partial charge in [0.25, 0.3) is 0 Å². The highest BCUT2D eigenvalue weighted by Gasteiger charge is 2.19. The Bertz CT molecular complexity index is 505. The fourth-order valence-corrected chi connectivity index (χ4v) is 4.24. The number of hydrogen-bond donors (Lipinski definition) is 2. The first-order valence-corrected chi connectivity index (χ1v) is 8.45. The van der Waals surface area contributed by atoms with Crippen molar-refractivity contribution in [3.8, 4) is 5.75 Å². The number of ether oxygens (including phenoxy) is 1. The third kappa shape index (κ3) is 4.30. The number of rotatable bonds is 5. The van der Waals surface area contributed by atoms with Gasteiger partial charge in [-0.05, 0) is 36.5 Å². The molecule has 21 heavy (non-hydrogen) atoms. The molecule has 0 spiro atoms.